The molecule has 0 saturated heterocycles. The second kappa shape index (κ2) is 13.8. The fourth-order valence-electron chi connectivity index (χ4n) is 2.43. The maximum atomic E-state index is 12.7. The van der Waals surface area contributed by atoms with Crippen LogP contribution in [0.15, 0.2) is 28.1 Å². The molecule has 0 aliphatic rings. The summed E-state index contributed by atoms with van der Waals surface area (Å²) in [5.74, 6) is 1.51. The molecule has 0 radical (unpaired) electrons. The van der Waals surface area contributed by atoms with E-state index in [1.165, 1.54) is 6.08 Å². The first-order valence-electron chi connectivity index (χ1n) is 9.54. The van der Waals surface area contributed by atoms with Crippen LogP contribution >= 0.6 is 27.5 Å². The monoisotopic (exact) mass is 477 g/mol. The average molecular weight is 479 g/mol. The fourth-order valence-corrected chi connectivity index (χ4v) is 2.83. The van der Waals surface area contributed by atoms with E-state index in [1.54, 1.807) is 6.07 Å². The quantitative estimate of drug-likeness (QED) is 0.168. The van der Waals surface area contributed by atoms with Crippen molar-refractivity contribution in [3.8, 4) is 11.5 Å². The summed E-state index contributed by atoms with van der Waals surface area (Å²) in [7, 11) is 0. The van der Waals surface area contributed by atoms with Crippen LogP contribution in [0.3, 0.4) is 0 Å². The molecule has 7 heteroatoms. The Hall–Kier alpha value is -1.27. The van der Waals surface area contributed by atoms with Gasteiger partial charge in [0.05, 0.1) is 17.3 Å². The first-order valence-corrected chi connectivity index (χ1v) is 10.7. The van der Waals surface area contributed by atoms with Crippen molar-refractivity contribution < 1.29 is 18.7 Å². The van der Waals surface area contributed by atoms with Gasteiger partial charge in [-0.15, -0.1) is 0 Å². The third-order valence-electron chi connectivity index (χ3n) is 3.78. The molecule has 0 aliphatic carbocycles. The molecule has 0 aliphatic heterocycles. The first-order chi connectivity index (χ1) is 13.3. The van der Waals surface area contributed by atoms with Gasteiger partial charge in [0.2, 0.25) is 0 Å². The van der Waals surface area contributed by atoms with E-state index in [-0.39, 0.29) is 12.5 Å². The maximum absolute atomic E-state index is 12.7. The number of hydrogen-bond donors (Lipinski definition) is 0. The highest BCUT2D eigenvalue weighted by Gasteiger charge is 2.15. The Morgan fingerprint density at radius 3 is 2.43 bits per heavy atom. The van der Waals surface area contributed by atoms with Crippen molar-refractivity contribution in [2.75, 3.05) is 19.8 Å². The molecular formula is C21H30BrClFNO3. The molecular weight excluding hydrogens is 449 g/mol. The summed E-state index contributed by atoms with van der Waals surface area (Å²) >= 11 is 9.14. The van der Waals surface area contributed by atoms with Crippen LogP contribution in [-0.2, 0) is 4.84 Å². The second-order valence-electron chi connectivity index (χ2n) is 6.92. The largest absolute Gasteiger partial charge is 0.492 e. The lowest BCUT2D eigenvalue weighted by Crippen LogP contribution is -2.04. The van der Waals surface area contributed by atoms with Gasteiger partial charge in [-0.1, -0.05) is 30.6 Å². The number of oxime groups is 1. The summed E-state index contributed by atoms with van der Waals surface area (Å²) in [6.45, 7) is 9.33. The molecule has 1 aromatic carbocycles. The molecule has 158 valence electrons. The fraction of sp³-hybridized carbons (Fsp3) is 0.571. The van der Waals surface area contributed by atoms with Crippen molar-refractivity contribution in [2.45, 2.75) is 59.3 Å². The molecule has 0 fully saturated rings. The van der Waals surface area contributed by atoms with Crippen LogP contribution in [0.5, 0.6) is 11.5 Å². The van der Waals surface area contributed by atoms with Gasteiger partial charge in [0.15, 0.2) is 4.74 Å². The van der Waals surface area contributed by atoms with Gasteiger partial charge in [0, 0.05) is 11.6 Å². The van der Waals surface area contributed by atoms with Crippen LogP contribution < -0.4 is 9.47 Å². The number of halogens is 3. The number of nitrogens with zero attached hydrogens (tertiary/aromatic N) is 1. The molecule has 0 N–H and O–H groups in total. The van der Waals surface area contributed by atoms with Crippen molar-refractivity contribution in [3.63, 3.8) is 0 Å². The van der Waals surface area contributed by atoms with Gasteiger partial charge in [0.1, 0.15) is 24.7 Å². The third kappa shape index (κ3) is 10.3. The van der Waals surface area contributed by atoms with Gasteiger partial charge in [0.25, 0.3) is 0 Å². The Morgan fingerprint density at radius 2 is 1.82 bits per heavy atom. The third-order valence-corrected chi connectivity index (χ3v) is 4.38. The van der Waals surface area contributed by atoms with Gasteiger partial charge < -0.3 is 14.3 Å². The molecule has 1 aromatic rings. The summed E-state index contributed by atoms with van der Waals surface area (Å²) in [5, 5.41) is 4.42. The predicted molar refractivity (Wildman–Crippen MR) is 118 cm³/mol. The first kappa shape index (κ1) is 24.8. The average Bonchev–Trinajstić information content (AvgIpc) is 2.60. The van der Waals surface area contributed by atoms with E-state index in [0.29, 0.717) is 29.7 Å². The van der Waals surface area contributed by atoms with Crippen LogP contribution in [0.4, 0.5) is 4.39 Å². The summed E-state index contributed by atoms with van der Waals surface area (Å²) in [4.78, 5) is 5.18. The SMILES string of the molecule is CC(C)=NOCCCCCCOc1c(Cl)cc(OC/C=C(\F)Br)cc1C(C)C. The van der Waals surface area contributed by atoms with E-state index in [4.69, 9.17) is 25.9 Å². The van der Waals surface area contributed by atoms with Gasteiger partial charge >= 0.3 is 0 Å². The van der Waals surface area contributed by atoms with Crippen molar-refractivity contribution in [1.82, 2.24) is 0 Å². The van der Waals surface area contributed by atoms with Gasteiger partial charge in [-0.2, -0.15) is 4.39 Å². The molecule has 0 amide bonds. The predicted octanol–water partition coefficient (Wildman–Crippen LogP) is 7.40. The summed E-state index contributed by atoms with van der Waals surface area (Å²) in [5.41, 5.74) is 1.90. The zero-order valence-corrected chi connectivity index (χ0v) is 19.4. The minimum Gasteiger partial charge on any atom is -0.492 e. The van der Waals surface area contributed by atoms with E-state index >= 15 is 0 Å². The van der Waals surface area contributed by atoms with Gasteiger partial charge in [-0.05, 0) is 73.5 Å². The standard InChI is InChI=1S/C21H30BrClFNO3/c1-15(2)18-13-17(26-12-9-20(22)24)14-19(23)21(18)27-10-7-5-6-8-11-28-25-16(3)4/h9,13-15H,5-8,10-12H2,1-4H3/b20-9-. The number of rotatable bonds is 13. The zero-order chi connectivity index (χ0) is 20.9. The number of hydrogen-bond acceptors (Lipinski definition) is 4. The molecule has 0 heterocycles. The smallest absolute Gasteiger partial charge is 0.165 e. The van der Waals surface area contributed by atoms with E-state index in [9.17, 15) is 4.39 Å². The normalized spacial score (nSPS) is 11.5. The highest BCUT2D eigenvalue weighted by atomic mass is 79.9. The van der Waals surface area contributed by atoms with Crippen LogP contribution in [-0.4, -0.2) is 25.5 Å². The molecule has 0 bridgehead atoms. The molecule has 1 rings (SSSR count). The van der Waals surface area contributed by atoms with Crippen molar-refractivity contribution in [3.05, 3.63) is 33.5 Å². The Morgan fingerprint density at radius 1 is 1.14 bits per heavy atom. The lowest BCUT2D eigenvalue weighted by molar-refractivity contribution is 0.139. The molecule has 0 aromatic heterocycles. The number of unbranched alkanes of at least 4 members (excludes halogenated alkanes) is 3. The Bertz CT molecular complexity index is 657. The molecule has 28 heavy (non-hydrogen) atoms. The van der Waals surface area contributed by atoms with Crippen LogP contribution in [0.1, 0.15) is 64.9 Å². The Kier molecular flexibility index (Phi) is 12.2. The van der Waals surface area contributed by atoms with Crippen molar-refractivity contribution in [2.24, 2.45) is 5.16 Å². The highest BCUT2D eigenvalue weighted by Crippen LogP contribution is 2.37. The summed E-state index contributed by atoms with van der Waals surface area (Å²) in [6.07, 6.45) is 5.34. The van der Waals surface area contributed by atoms with Crippen molar-refractivity contribution >= 4 is 33.2 Å². The van der Waals surface area contributed by atoms with Crippen molar-refractivity contribution in [1.29, 1.82) is 0 Å². The molecule has 0 unspecified atom stereocenters. The molecule has 4 nitrogen and oxygen atoms in total. The number of benzene rings is 1. The number of ether oxygens (including phenoxy) is 2. The van der Waals surface area contributed by atoms with Gasteiger partial charge in [-0.25, -0.2) is 0 Å². The van der Waals surface area contributed by atoms with Crippen LogP contribution in [0, 0.1) is 0 Å². The summed E-state index contributed by atoms with van der Waals surface area (Å²) < 4.78 is 23.8. The Balaban J connectivity index is 2.49. The molecule has 0 spiro atoms. The second-order valence-corrected chi connectivity index (χ2v) is 8.08. The Labute approximate surface area is 181 Å². The minimum absolute atomic E-state index is 0.123. The maximum Gasteiger partial charge on any atom is 0.165 e. The zero-order valence-electron chi connectivity index (χ0n) is 17.1. The topological polar surface area (TPSA) is 40.0 Å². The van der Waals surface area contributed by atoms with E-state index in [1.807, 2.05) is 19.9 Å². The van der Waals surface area contributed by atoms with E-state index in [0.717, 1.165) is 37.0 Å². The van der Waals surface area contributed by atoms with E-state index < -0.39 is 4.74 Å². The highest BCUT2D eigenvalue weighted by molar-refractivity contribution is 9.11. The van der Waals surface area contributed by atoms with Gasteiger partial charge in [-0.3, -0.25) is 0 Å². The summed E-state index contributed by atoms with van der Waals surface area (Å²) in [6, 6.07) is 3.61. The molecule has 0 atom stereocenters. The molecule has 0 saturated carbocycles. The minimum atomic E-state index is -0.456. The lowest BCUT2D eigenvalue weighted by Gasteiger charge is -2.17. The van der Waals surface area contributed by atoms with E-state index in [2.05, 4.69) is 34.9 Å². The van der Waals surface area contributed by atoms with Crippen LogP contribution in [0.25, 0.3) is 0 Å². The lowest BCUT2D eigenvalue weighted by atomic mass is 10.0. The van der Waals surface area contributed by atoms with Crippen LogP contribution in [0.2, 0.25) is 5.02 Å².